The third-order valence-electron chi connectivity index (χ3n) is 2.86. The van der Waals surface area contributed by atoms with Gasteiger partial charge >= 0.3 is 0 Å². The average molecular weight is 289 g/mol. The van der Waals surface area contributed by atoms with Crippen LogP contribution >= 0.6 is 0 Å². The Labute approximate surface area is 124 Å². The molecule has 0 atom stereocenters. The monoisotopic (exact) mass is 289 g/mol. The highest BCUT2D eigenvalue weighted by Crippen LogP contribution is 2.29. The van der Waals surface area contributed by atoms with Gasteiger partial charge in [0.1, 0.15) is 6.61 Å². The molecular weight excluding hydrogens is 270 g/mol. The summed E-state index contributed by atoms with van der Waals surface area (Å²) in [5.74, 6) is 1.79. The van der Waals surface area contributed by atoms with Crippen molar-refractivity contribution in [2.45, 2.75) is 20.1 Å². The van der Waals surface area contributed by atoms with E-state index >= 15 is 0 Å². The van der Waals surface area contributed by atoms with Gasteiger partial charge in [0.2, 0.25) is 5.88 Å². The van der Waals surface area contributed by atoms with E-state index in [1.54, 1.807) is 31.4 Å². The Bertz CT molecular complexity index is 586. The minimum Gasteiger partial charge on any atom is -0.490 e. The molecule has 5 heteroatoms. The maximum Gasteiger partial charge on any atom is 0.213 e. The summed E-state index contributed by atoms with van der Waals surface area (Å²) in [6.45, 7) is 2.72. The molecule has 0 spiro atoms. The fourth-order valence-electron chi connectivity index (χ4n) is 1.84. The predicted molar refractivity (Wildman–Crippen MR) is 78.7 cm³/mol. The molecule has 0 unspecified atom stereocenters. The summed E-state index contributed by atoms with van der Waals surface area (Å²) in [5.41, 5.74) is 1.55. The van der Waals surface area contributed by atoms with Gasteiger partial charge in [0.15, 0.2) is 11.5 Å². The second-order valence-electron chi connectivity index (χ2n) is 4.33. The van der Waals surface area contributed by atoms with Crippen LogP contribution in [0, 0.1) is 0 Å². The van der Waals surface area contributed by atoms with Crippen LogP contribution in [-0.2, 0) is 13.2 Å². The molecule has 0 aliphatic heterocycles. The molecule has 0 amide bonds. The summed E-state index contributed by atoms with van der Waals surface area (Å²) in [6, 6.07) is 10.9. The largest absolute Gasteiger partial charge is 0.490 e. The topological polar surface area (TPSA) is 60.8 Å². The van der Waals surface area contributed by atoms with Gasteiger partial charge in [-0.2, -0.15) is 0 Å². The Morgan fingerprint density at radius 1 is 1.10 bits per heavy atom. The lowest BCUT2D eigenvalue weighted by atomic mass is 10.2. The zero-order valence-corrected chi connectivity index (χ0v) is 12.2. The number of benzene rings is 1. The van der Waals surface area contributed by atoms with Gasteiger partial charge in [-0.05, 0) is 30.7 Å². The van der Waals surface area contributed by atoms with Crippen LogP contribution < -0.4 is 14.2 Å². The van der Waals surface area contributed by atoms with Gasteiger partial charge in [0.05, 0.1) is 26.0 Å². The first-order valence-corrected chi connectivity index (χ1v) is 6.76. The van der Waals surface area contributed by atoms with Gasteiger partial charge in [-0.3, -0.25) is 0 Å². The van der Waals surface area contributed by atoms with E-state index in [9.17, 15) is 0 Å². The molecule has 0 radical (unpaired) electrons. The van der Waals surface area contributed by atoms with Crippen LogP contribution in [-0.4, -0.2) is 23.8 Å². The van der Waals surface area contributed by atoms with E-state index in [2.05, 4.69) is 4.98 Å². The second-order valence-corrected chi connectivity index (χ2v) is 4.33. The molecule has 0 fully saturated rings. The molecule has 0 aliphatic carbocycles. The predicted octanol–water partition coefficient (Wildman–Crippen LogP) is 2.56. The molecule has 1 aromatic heterocycles. The van der Waals surface area contributed by atoms with Crippen LogP contribution in [0.3, 0.4) is 0 Å². The van der Waals surface area contributed by atoms with Crippen molar-refractivity contribution in [2.24, 2.45) is 0 Å². The summed E-state index contributed by atoms with van der Waals surface area (Å²) in [7, 11) is 1.58. The second kappa shape index (κ2) is 7.50. The normalized spacial score (nSPS) is 10.2. The van der Waals surface area contributed by atoms with Gasteiger partial charge < -0.3 is 19.3 Å². The van der Waals surface area contributed by atoms with Crippen molar-refractivity contribution < 1.29 is 19.3 Å². The maximum absolute atomic E-state index is 9.17. The number of aliphatic hydroxyl groups is 1. The zero-order chi connectivity index (χ0) is 15.1. The number of hydrogen-bond acceptors (Lipinski definition) is 5. The highest BCUT2D eigenvalue weighted by atomic mass is 16.5. The van der Waals surface area contributed by atoms with Gasteiger partial charge in [-0.1, -0.05) is 12.1 Å². The number of ether oxygens (including phenoxy) is 3. The highest BCUT2D eigenvalue weighted by molar-refractivity contribution is 5.43. The van der Waals surface area contributed by atoms with Crippen molar-refractivity contribution in [3.05, 3.63) is 47.7 Å². The Morgan fingerprint density at radius 3 is 2.67 bits per heavy atom. The molecule has 2 rings (SSSR count). The standard InChI is InChI=1S/C16H19NO4/c1-3-20-15-9-12(10-18)7-8-14(15)21-11-13-5-4-6-16(17-13)19-2/h4-9,18H,3,10-11H2,1-2H3. The molecule has 0 saturated heterocycles. The Balaban J connectivity index is 2.11. The van der Waals surface area contributed by atoms with Crippen molar-refractivity contribution in [3.8, 4) is 17.4 Å². The Morgan fingerprint density at radius 2 is 1.95 bits per heavy atom. The van der Waals surface area contributed by atoms with E-state index in [0.717, 1.165) is 11.3 Å². The molecule has 5 nitrogen and oxygen atoms in total. The smallest absolute Gasteiger partial charge is 0.213 e. The van der Waals surface area contributed by atoms with Crippen LogP contribution in [0.2, 0.25) is 0 Å². The highest BCUT2D eigenvalue weighted by Gasteiger charge is 2.07. The van der Waals surface area contributed by atoms with Crippen LogP contribution in [0.1, 0.15) is 18.2 Å². The Kier molecular flexibility index (Phi) is 5.40. The minimum atomic E-state index is -0.0300. The molecule has 2 aromatic rings. The zero-order valence-electron chi connectivity index (χ0n) is 12.2. The van der Waals surface area contributed by atoms with Crippen LogP contribution in [0.15, 0.2) is 36.4 Å². The summed E-state index contributed by atoms with van der Waals surface area (Å²) in [5, 5.41) is 9.17. The minimum absolute atomic E-state index is 0.0300. The lowest BCUT2D eigenvalue weighted by Crippen LogP contribution is -2.02. The van der Waals surface area contributed by atoms with E-state index in [-0.39, 0.29) is 6.61 Å². The quantitative estimate of drug-likeness (QED) is 0.849. The first-order chi connectivity index (χ1) is 10.3. The summed E-state index contributed by atoms with van der Waals surface area (Å²) in [6.07, 6.45) is 0. The number of rotatable bonds is 7. The van der Waals surface area contributed by atoms with Crippen molar-refractivity contribution in [2.75, 3.05) is 13.7 Å². The van der Waals surface area contributed by atoms with Crippen LogP contribution in [0.25, 0.3) is 0 Å². The van der Waals surface area contributed by atoms with E-state index in [1.165, 1.54) is 0 Å². The molecular formula is C16H19NO4. The fourth-order valence-corrected chi connectivity index (χ4v) is 1.84. The molecule has 112 valence electrons. The molecule has 1 heterocycles. The number of hydrogen-bond donors (Lipinski definition) is 1. The number of methoxy groups -OCH3 is 1. The SMILES string of the molecule is CCOc1cc(CO)ccc1OCc1cccc(OC)n1. The molecule has 21 heavy (non-hydrogen) atoms. The van der Waals surface area contributed by atoms with Gasteiger partial charge in [0.25, 0.3) is 0 Å². The molecule has 0 saturated carbocycles. The molecule has 0 aliphatic rings. The number of pyridine rings is 1. The summed E-state index contributed by atoms with van der Waals surface area (Å²) in [4.78, 5) is 4.29. The van der Waals surface area contributed by atoms with Crippen LogP contribution in [0.5, 0.6) is 17.4 Å². The molecule has 0 bridgehead atoms. The van der Waals surface area contributed by atoms with Gasteiger partial charge in [-0.25, -0.2) is 4.98 Å². The maximum atomic E-state index is 9.17. The van der Waals surface area contributed by atoms with Crippen molar-refractivity contribution in [1.29, 1.82) is 0 Å². The lowest BCUT2D eigenvalue weighted by molar-refractivity contribution is 0.260. The number of aromatic nitrogens is 1. The summed E-state index contributed by atoms with van der Waals surface area (Å²) >= 11 is 0. The molecule has 1 N–H and O–H groups in total. The summed E-state index contributed by atoms with van der Waals surface area (Å²) < 4.78 is 16.4. The fraction of sp³-hybridized carbons (Fsp3) is 0.312. The van der Waals surface area contributed by atoms with Gasteiger partial charge in [0, 0.05) is 6.07 Å². The lowest BCUT2D eigenvalue weighted by Gasteiger charge is -2.13. The number of nitrogens with zero attached hydrogens (tertiary/aromatic N) is 1. The molecule has 1 aromatic carbocycles. The first-order valence-electron chi connectivity index (χ1n) is 6.76. The van der Waals surface area contributed by atoms with E-state index in [4.69, 9.17) is 19.3 Å². The third-order valence-corrected chi connectivity index (χ3v) is 2.86. The van der Waals surface area contributed by atoms with Crippen molar-refractivity contribution >= 4 is 0 Å². The number of aliphatic hydroxyl groups excluding tert-OH is 1. The van der Waals surface area contributed by atoms with E-state index in [0.29, 0.717) is 30.6 Å². The Hall–Kier alpha value is -2.27. The third kappa shape index (κ3) is 4.10. The van der Waals surface area contributed by atoms with E-state index in [1.807, 2.05) is 19.1 Å². The van der Waals surface area contributed by atoms with Gasteiger partial charge in [-0.15, -0.1) is 0 Å². The van der Waals surface area contributed by atoms with Crippen LogP contribution in [0.4, 0.5) is 0 Å². The van der Waals surface area contributed by atoms with Crippen molar-refractivity contribution in [3.63, 3.8) is 0 Å². The van der Waals surface area contributed by atoms with Crippen molar-refractivity contribution in [1.82, 2.24) is 4.98 Å². The first kappa shape index (κ1) is 15.1. The average Bonchev–Trinajstić information content (AvgIpc) is 2.54. The van der Waals surface area contributed by atoms with E-state index < -0.39 is 0 Å².